The Bertz CT molecular complexity index is 463. The zero-order chi connectivity index (χ0) is 11.4. The van der Waals surface area contributed by atoms with Crippen LogP contribution >= 0.6 is 8.20 Å². The fourth-order valence-electron chi connectivity index (χ4n) is 1.85. The van der Waals surface area contributed by atoms with Crippen molar-refractivity contribution in [3.05, 3.63) is 47.0 Å². The van der Waals surface area contributed by atoms with E-state index in [2.05, 4.69) is 49.0 Å². The van der Waals surface area contributed by atoms with Crippen LogP contribution in [0.1, 0.15) is 23.1 Å². The van der Waals surface area contributed by atoms with E-state index >= 15 is 0 Å². The highest BCUT2D eigenvalue weighted by atomic mass is 31.1. The summed E-state index contributed by atoms with van der Waals surface area (Å²) < 4.78 is 0. The fraction of sp³-hybridized carbons (Fsp3) is 0.267. The van der Waals surface area contributed by atoms with Gasteiger partial charge in [0.2, 0.25) is 0 Å². The zero-order valence-electron chi connectivity index (χ0n) is 9.48. The van der Waals surface area contributed by atoms with Crippen molar-refractivity contribution in [2.45, 2.75) is 25.4 Å². The summed E-state index contributed by atoms with van der Waals surface area (Å²) in [5.74, 6) is 4.96. The second-order valence-corrected chi connectivity index (χ2v) is 5.34. The van der Waals surface area contributed by atoms with Crippen molar-refractivity contribution in [1.82, 2.24) is 0 Å². The molecule has 1 heteroatoms. The lowest BCUT2D eigenvalue weighted by Crippen LogP contribution is -1.96. The monoisotopic (exact) mass is 226 g/mol. The zero-order valence-corrected chi connectivity index (χ0v) is 10.4. The van der Waals surface area contributed by atoms with Crippen LogP contribution in [0, 0.1) is 19.3 Å². The average Bonchev–Trinajstić information content (AvgIpc) is 2.81. The topological polar surface area (TPSA) is 0 Å². The van der Waals surface area contributed by atoms with Crippen LogP contribution in [0.2, 0.25) is 0 Å². The largest absolute Gasteiger partial charge is 0.115 e. The van der Waals surface area contributed by atoms with Gasteiger partial charge in [0.1, 0.15) is 0 Å². The molecule has 0 N–H and O–H groups in total. The molecule has 0 saturated carbocycles. The Morgan fingerprint density at radius 3 is 3.00 bits per heavy atom. The number of aryl methyl sites for hydroxylation is 2. The van der Waals surface area contributed by atoms with E-state index in [9.17, 15) is 0 Å². The first-order valence-electron chi connectivity index (χ1n) is 5.55. The molecule has 1 heterocycles. The van der Waals surface area contributed by atoms with Crippen LogP contribution in [0.25, 0.3) is 0 Å². The van der Waals surface area contributed by atoms with E-state index in [0.717, 1.165) is 12.0 Å². The van der Waals surface area contributed by atoms with Gasteiger partial charge < -0.3 is 0 Å². The summed E-state index contributed by atoms with van der Waals surface area (Å²) in [6.45, 7) is 2.06. The van der Waals surface area contributed by atoms with Crippen LogP contribution < -0.4 is 0 Å². The Labute approximate surface area is 99.2 Å². The summed E-state index contributed by atoms with van der Waals surface area (Å²) in [7, 11) is 1.43. The van der Waals surface area contributed by atoms with E-state index in [0.29, 0.717) is 5.66 Å². The molecular formula is C15H15P. The summed E-state index contributed by atoms with van der Waals surface area (Å²) in [5.41, 5.74) is 4.28. The van der Waals surface area contributed by atoms with E-state index in [-0.39, 0.29) is 0 Å². The first kappa shape index (κ1) is 11.2. The molecule has 0 amide bonds. The minimum atomic E-state index is 0.704. The summed E-state index contributed by atoms with van der Waals surface area (Å²) in [6, 6.07) is 6.46. The van der Waals surface area contributed by atoms with Crippen LogP contribution in [0.4, 0.5) is 0 Å². The molecule has 1 aromatic carbocycles. The smallest absolute Gasteiger partial charge is 0.0274 e. The van der Waals surface area contributed by atoms with Crippen molar-refractivity contribution in [2.24, 2.45) is 0 Å². The molecule has 1 atom stereocenters. The van der Waals surface area contributed by atoms with Gasteiger partial charge in [-0.05, 0) is 42.8 Å². The van der Waals surface area contributed by atoms with Crippen molar-refractivity contribution < 1.29 is 0 Å². The molecule has 0 fully saturated rings. The second-order valence-electron chi connectivity index (χ2n) is 4.08. The highest BCUT2D eigenvalue weighted by molar-refractivity contribution is 7.40. The normalized spacial score (nSPS) is 18.6. The number of terminal acetylenes is 1. The van der Waals surface area contributed by atoms with Gasteiger partial charge in [-0.1, -0.05) is 38.4 Å². The maximum Gasteiger partial charge on any atom is 0.0274 e. The predicted molar refractivity (Wildman–Crippen MR) is 73.3 cm³/mol. The van der Waals surface area contributed by atoms with E-state index in [4.69, 9.17) is 6.42 Å². The first-order chi connectivity index (χ1) is 7.79. The minimum Gasteiger partial charge on any atom is -0.115 e. The van der Waals surface area contributed by atoms with Gasteiger partial charge in [-0.2, -0.15) is 0 Å². The summed E-state index contributed by atoms with van der Waals surface area (Å²) in [4.78, 5) is 0. The lowest BCUT2D eigenvalue weighted by molar-refractivity contribution is 0.857. The molecule has 0 aliphatic carbocycles. The van der Waals surface area contributed by atoms with Gasteiger partial charge in [0.05, 0.1) is 0 Å². The molecule has 1 aliphatic heterocycles. The highest BCUT2D eigenvalue weighted by Crippen LogP contribution is 2.21. The molecule has 1 aromatic rings. The molecule has 0 nitrogen and oxygen atoms in total. The van der Waals surface area contributed by atoms with Crippen LogP contribution in [0.15, 0.2) is 30.4 Å². The number of rotatable bonds is 3. The molecule has 0 spiro atoms. The van der Waals surface area contributed by atoms with E-state index in [1.165, 1.54) is 25.8 Å². The minimum absolute atomic E-state index is 0.704. The number of hydrogen-bond acceptors (Lipinski definition) is 0. The molecule has 0 bridgehead atoms. The molecule has 16 heavy (non-hydrogen) atoms. The molecule has 1 unspecified atom stereocenters. The van der Waals surface area contributed by atoms with Crippen LogP contribution in [-0.4, -0.2) is 11.5 Å². The second kappa shape index (κ2) is 5.15. The standard InChI is InChI=1S/C15H15P/c1-3-14-11-13(7-6-12(14)2)8-9-15-5-4-10-16-15/h1,4-7,10-11,15H,8-9H2,2H3. The third-order valence-electron chi connectivity index (χ3n) is 2.88. The Balaban J connectivity index is 2.02. The molecule has 0 aromatic heterocycles. The molecule has 1 aliphatic rings. The SMILES string of the molecule is C#Cc1cc(CCC2C=CC=P2)ccc1C. The molecule has 0 radical (unpaired) electrons. The van der Waals surface area contributed by atoms with Gasteiger partial charge in [-0.15, -0.1) is 6.42 Å². The fourth-order valence-corrected chi connectivity index (χ4v) is 2.75. The third kappa shape index (κ3) is 2.63. The molecule has 2 rings (SSSR count). The van der Waals surface area contributed by atoms with Crippen molar-refractivity contribution >= 4 is 14.0 Å². The predicted octanol–water partition coefficient (Wildman–Crippen LogP) is 3.60. The molecule has 0 saturated heterocycles. The lowest BCUT2D eigenvalue weighted by atomic mass is 10.0. The van der Waals surface area contributed by atoms with Crippen LogP contribution in [-0.2, 0) is 6.42 Å². The first-order valence-corrected chi connectivity index (χ1v) is 6.59. The van der Waals surface area contributed by atoms with Crippen molar-refractivity contribution in [1.29, 1.82) is 0 Å². The van der Waals surface area contributed by atoms with Gasteiger partial charge >= 0.3 is 0 Å². The Morgan fingerprint density at radius 1 is 1.44 bits per heavy atom. The number of hydrogen-bond donors (Lipinski definition) is 0. The van der Waals surface area contributed by atoms with E-state index in [1.807, 2.05) is 0 Å². The van der Waals surface area contributed by atoms with E-state index in [1.54, 1.807) is 0 Å². The van der Waals surface area contributed by atoms with Crippen LogP contribution in [0.3, 0.4) is 0 Å². The van der Waals surface area contributed by atoms with Crippen molar-refractivity contribution in [2.75, 3.05) is 0 Å². The van der Waals surface area contributed by atoms with Crippen LogP contribution in [0.5, 0.6) is 0 Å². The van der Waals surface area contributed by atoms with E-state index < -0.39 is 0 Å². The van der Waals surface area contributed by atoms with Crippen molar-refractivity contribution in [3.8, 4) is 12.3 Å². The number of benzene rings is 1. The van der Waals surface area contributed by atoms with Gasteiger partial charge in [0.25, 0.3) is 0 Å². The summed E-state index contributed by atoms with van der Waals surface area (Å²) in [5, 5.41) is 0. The Hall–Kier alpha value is -1.31. The number of allylic oxidation sites excluding steroid dienone is 2. The quantitative estimate of drug-likeness (QED) is 0.545. The maximum absolute atomic E-state index is 5.47. The van der Waals surface area contributed by atoms with Gasteiger partial charge in [-0.3, -0.25) is 0 Å². The molecule has 80 valence electrons. The highest BCUT2D eigenvalue weighted by Gasteiger charge is 2.05. The summed E-state index contributed by atoms with van der Waals surface area (Å²) >= 11 is 0. The van der Waals surface area contributed by atoms with Gasteiger partial charge in [0, 0.05) is 11.2 Å². The molecular weight excluding hydrogens is 211 g/mol. The van der Waals surface area contributed by atoms with Gasteiger partial charge in [0.15, 0.2) is 0 Å². The Kier molecular flexibility index (Phi) is 3.60. The maximum atomic E-state index is 5.47. The average molecular weight is 226 g/mol. The summed E-state index contributed by atoms with van der Waals surface area (Å²) in [6.07, 6.45) is 12.2. The van der Waals surface area contributed by atoms with Crippen molar-refractivity contribution in [3.63, 3.8) is 0 Å². The third-order valence-corrected chi connectivity index (χ3v) is 4.04. The lowest BCUT2D eigenvalue weighted by Gasteiger charge is -2.06. The van der Waals surface area contributed by atoms with Gasteiger partial charge in [-0.25, -0.2) is 0 Å². The Morgan fingerprint density at radius 2 is 2.31 bits per heavy atom.